The average Bonchev–Trinajstić information content (AvgIpc) is 2.88. The third kappa shape index (κ3) is 2.82. The van der Waals surface area contributed by atoms with Gasteiger partial charge in [-0.05, 0) is 40.4 Å². The fourth-order valence-corrected chi connectivity index (χ4v) is 3.34. The number of thiophene rings is 1. The fourth-order valence-electron chi connectivity index (χ4n) is 2.68. The Kier molecular flexibility index (Phi) is 3.85. The number of anilines is 1. The highest BCUT2D eigenvalue weighted by molar-refractivity contribution is 7.07. The Hall–Kier alpha value is -1.32. The molecule has 0 spiro atoms. The monoisotopic (exact) mass is 272 g/mol. The van der Waals surface area contributed by atoms with Gasteiger partial charge in [0.1, 0.15) is 0 Å². The second kappa shape index (κ2) is 5.76. The fraction of sp³-hybridized carbons (Fsp3) is 0.375. The summed E-state index contributed by atoms with van der Waals surface area (Å²) in [6, 6.07) is 11.6. The quantitative estimate of drug-likeness (QED) is 0.917. The van der Waals surface area contributed by atoms with Crippen molar-refractivity contribution in [3.05, 3.63) is 52.2 Å². The van der Waals surface area contributed by atoms with Gasteiger partial charge in [0, 0.05) is 31.4 Å². The summed E-state index contributed by atoms with van der Waals surface area (Å²) in [5.74, 6) is 0. The summed E-state index contributed by atoms with van der Waals surface area (Å²) < 4.78 is 0. The van der Waals surface area contributed by atoms with Crippen molar-refractivity contribution in [3.63, 3.8) is 0 Å². The summed E-state index contributed by atoms with van der Waals surface area (Å²) in [6.07, 6.45) is 1.17. The molecule has 2 heterocycles. The second-order valence-electron chi connectivity index (χ2n) is 5.13. The smallest absolute Gasteiger partial charge is 0.0438 e. The van der Waals surface area contributed by atoms with E-state index in [0.29, 0.717) is 6.04 Å². The highest BCUT2D eigenvalue weighted by atomic mass is 32.1. The Morgan fingerprint density at radius 2 is 2.21 bits per heavy atom. The highest BCUT2D eigenvalue weighted by Crippen LogP contribution is 2.26. The van der Waals surface area contributed by atoms with E-state index in [1.54, 1.807) is 11.3 Å². The minimum Gasteiger partial charge on any atom is -0.365 e. The van der Waals surface area contributed by atoms with Gasteiger partial charge < -0.3 is 10.2 Å². The van der Waals surface area contributed by atoms with Crippen LogP contribution in [0, 0.1) is 0 Å². The molecule has 1 aliphatic rings. The van der Waals surface area contributed by atoms with Crippen LogP contribution in [0.25, 0.3) is 0 Å². The van der Waals surface area contributed by atoms with Crippen LogP contribution in [0.5, 0.6) is 0 Å². The first-order valence-corrected chi connectivity index (χ1v) is 7.88. The summed E-state index contributed by atoms with van der Waals surface area (Å²) in [4.78, 5) is 2.52. The van der Waals surface area contributed by atoms with Crippen LogP contribution in [0.3, 0.4) is 0 Å². The zero-order valence-electron chi connectivity index (χ0n) is 11.3. The zero-order chi connectivity index (χ0) is 13.1. The van der Waals surface area contributed by atoms with E-state index in [1.165, 1.54) is 23.2 Å². The van der Waals surface area contributed by atoms with Crippen LogP contribution < -0.4 is 10.2 Å². The summed E-state index contributed by atoms with van der Waals surface area (Å²) >= 11 is 1.78. The maximum Gasteiger partial charge on any atom is 0.0438 e. The van der Waals surface area contributed by atoms with E-state index in [0.717, 1.165) is 19.6 Å². The van der Waals surface area contributed by atoms with Crippen LogP contribution in [0.1, 0.15) is 24.5 Å². The Bertz CT molecular complexity index is 521. The maximum absolute atomic E-state index is 3.66. The van der Waals surface area contributed by atoms with Crippen molar-refractivity contribution in [1.29, 1.82) is 0 Å². The minimum absolute atomic E-state index is 0.575. The van der Waals surface area contributed by atoms with E-state index in [1.807, 2.05) is 0 Å². The second-order valence-corrected chi connectivity index (χ2v) is 5.91. The van der Waals surface area contributed by atoms with Crippen molar-refractivity contribution in [3.8, 4) is 0 Å². The van der Waals surface area contributed by atoms with E-state index in [-0.39, 0.29) is 0 Å². The Balaban J connectivity index is 1.89. The predicted octanol–water partition coefficient (Wildman–Crippen LogP) is 3.64. The van der Waals surface area contributed by atoms with E-state index in [2.05, 4.69) is 58.2 Å². The third-order valence-electron chi connectivity index (χ3n) is 3.80. The molecular formula is C16H20N2S. The molecule has 2 nitrogen and oxygen atoms in total. The van der Waals surface area contributed by atoms with Gasteiger partial charge in [-0.25, -0.2) is 0 Å². The number of rotatable bonds is 3. The van der Waals surface area contributed by atoms with E-state index in [9.17, 15) is 0 Å². The molecule has 0 saturated carbocycles. The van der Waals surface area contributed by atoms with Crippen molar-refractivity contribution in [2.24, 2.45) is 0 Å². The minimum atomic E-state index is 0.575. The van der Waals surface area contributed by atoms with Crippen molar-refractivity contribution < 1.29 is 0 Å². The lowest BCUT2D eigenvalue weighted by atomic mass is 10.1. The lowest BCUT2D eigenvalue weighted by molar-refractivity contribution is 0.502. The van der Waals surface area contributed by atoms with Gasteiger partial charge in [0.15, 0.2) is 0 Å². The zero-order valence-corrected chi connectivity index (χ0v) is 12.1. The first kappa shape index (κ1) is 12.7. The number of nitrogens with one attached hydrogen (secondary N) is 1. The molecule has 1 atom stereocenters. The van der Waals surface area contributed by atoms with Gasteiger partial charge in [-0.15, -0.1) is 0 Å². The van der Waals surface area contributed by atoms with Crippen LogP contribution >= 0.6 is 11.3 Å². The van der Waals surface area contributed by atoms with Gasteiger partial charge in [0.05, 0.1) is 0 Å². The Labute approximate surface area is 119 Å². The van der Waals surface area contributed by atoms with Gasteiger partial charge in [-0.1, -0.05) is 25.1 Å². The van der Waals surface area contributed by atoms with Crippen LogP contribution in [0.4, 0.5) is 5.69 Å². The molecular weight excluding hydrogens is 252 g/mol. The van der Waals surface area contributed by atoms with Gasteiger partial charge >= 0.3 is 0 Å². The topological polar surface area (TPSA) is 15.3 Å². The molecule has 3 heteroatoms. The number of hydrogen-bond donors (Lipinski definition) is 1. The summed E-state index contributed by atoms with van der Waals surface area (Å²) in [5, 5.41) is 8.07. The molecule has 1 aromatic heterocycles. The lowest BCUT2D eigenvalue weighted by Crippen LogP contribution is -2.37. The summed E-state index contributed by atoms with van der Waals surface area (Å²) in [7, 11) is 0. The van der Waals surface area contributed by atoms with Crippen molar-refractivity contribution >= 4 is 17.0 Å². The molecule has 1 unspecified atom stereocenters. The van der Waals surface area contributed by atoms with Gasteiger partial charge in [0.25, 0.3) is 0 Å². The van der Waals surface area contributed by atoms with Crippen LogP contribution in [-0.2, 0) is 13.1 Å². The van der Waals surface area contributed by atoms with E-state index in [4.69, 9.17) is 0 Å². The maximum atomic E-state index is 3.66. The van der Waals surface area contributed by atoms with Gasteiger partial charge in [0.2, 0.25) is 0 Å². The van der Waals surface area contributed by atoms with Gasteiger partial charge in [-0.3, -0.25) is 0 Å². The van der Waals surface area contributed by atoms with E-state index >= 15 is 0 Å². The Morgan fingerprint density at radius 1 is 1.32 bits per heavy atom. The summed E-state index contributed by atoms with van der Waals surface area (Å²) in [5.41, 5.74) is 4.21. The molecule has 0 fully saturated rings. The molecule has 0 saturated heterocycles. The molecule has 0 amide bonds. The first-order valence-electron chi connectivity index (χ1n) is 6.94. The van der Waals surface area contributed by atoms with Crippen LogP contribution in [-0.4, -0.2) is 12.6 Å². The molecule has 0 radical (unpaired) electrons. The number of para-hydroxylation sites is 1. The molecule has 3 rings (SSSR count). The van der Waals surface area contributed by atoms with Crippen LogP contribution in [0.2, 0.25) is 0 Å². The molecule has 1 aliphatic heterocycles. The first-order chi connectivity index (χ1) is 9.36. The third-order valence-corrected chi connectivity index (χ3v) is 4.53. The predicted molar refractivity (Wildman–Crippen MR) is 82.7 cm³/mol. The molecule has 1 aromatic carbocycles. The highest BCUT2D eigenvalue weighted by Gasteiger charge is 2.20. The average molecular weight is 272 g/mol. The van der Waals surface area contributed by atoms with Crippen molar-refractivity contribution in [2.45, 2.75) is 32.5 Å². The van der Waals surface area contributed by atoms with Crippen molar-refractivity contribution in [1.82, 2.24) is 5.32 Å². The number of benzene rings is 1. The molecule has 2 aromatic rings. The number of nitrogens with zero attached hydrogens (tertiary/aromatic N) is 1. The van der Waals surface area contributed by atoms with Crippen LogP contribution in [0.15, 0.2) is 41.1 Å². The van der Waals surface area contributed by atoms with E-state index < -0.39 is 0 Å². The molecule has 1 N–H and O–H groups in total. The SMILES string of the molecule is CCC1CN(Cc2ccsc2)c2ccccc2CN1. The van der Waals surface area contributed by atoms with Crippen molar-refractivity contribution in [2.75, 3.05) is 11.4 Å². The molecule has 0 bridgehead atoms. The number of hydrogen-bond acceptors (Lipinski definition) is 3. The molecule has 100 valence electrons. The lowest BCUT2D eigenvalue weighted by Gasteiger charge is -2.27. The van der Waals surface area contributed by atoms with Gasteiger partial charge in [-0.2, -0.15) is 11.3 Å². The largest absolute Gasteiger partial charge is 0.365 e. The normalized spacial score (nSPS) is 19.0. The summed E-state index contributed by atoms with van der Waals surface area (Å²) in [6.45, 7) is 5.34. The number of fused-ring (bicyclic) bond motifs is 1. The molecule has 0 aliphatic carbocycles. The standard InChI is InChI=1S/C16H20N2S/c1-2-15-11-18(10-13-7-8-19-12-13)16-6-4-3-5-14(16)9-17-15/h3-8,12,15,17H,2,9-11H2,1H3. The molecule has 19 heavy (non-hydrogen) atoms. The Morgan fingerprint density at radius 3 is 3.00 bits per heavy atom.